The van der Waals surface area contributed by atoms with Gasteiger partial charge in [0.05, 0.1) is 0 Å². The molecule has 2 unspecified atom stereocenters. The summed E-state index contributed by atoms with van der Waals surface area (Å²) >= 11 is 0. The van der Waals surface area contributed by atoms with Crippen molar-refractivity contribution in [1.82, 2.24) is 5.32 Å². The minimum absolute atomic E-state index is 0.0559. The van der Waals surface area contributed by atoms with Crippen molar-refractivity contribution in [2.24, 2.45) is 17.8 Å². The topological polar surface area (TPSA) is 49.3 Å². The number of benzene rings is 1. The van der Waals surface area contributed by atoms with E-state index in [1.165, 1.54) is 5.56 Å². The monoisotopic (exact) mass is 303 g/mol. The molecule has 122 valence electrons. The number of carbonyl (C=O) groups excluding carboxylic acids is 1. The Hall–Kier alpha value is -1.35. The van der Waals surface area contributed by atoms with Gasteiger partial charge in [0.15, 0.2) is 0 Å². The van der Waals surface area contributed by atoms with Crippen LogP contribution >= 0.6 is 0 Å². The van der Waals surface area contributed by atoms with Crippen LogP contribution in [0.5, 0.6) is 0 Å². The lowest BCUT2D eigenvalue weighted by atomic mass is 9.66. The lowest BCUT2D eigenvalue weighted by Gasteiger charge is -2.43. The van der Waals surface area contributed by atoms with Gasteiger partial charge in [-0.05, 0) is 42.6 Å². The molecule has 0 saturated heterocycles. The predicted octanol–water partition coefficient (Wildman–Crippen LogP) is 3.17. The van der Waals surface area contributed by atoms with E-state index in [1.807, 2.05) is 18.2 Å². The number of hydrogen-bond acceptors (Lipinski definition) is 2. The number of amides is 1. The van der Waals surface area contributed by atoms with Crippen molar-refractivity contribution in [2.75, 3.05) is 6.54 Å². The number of nitrogens with one attached hydrogen (secondary N) is 1. The van der Waals surface area contributed by atoms with Gasteiger partial charge >= 0.3 is 0 Å². The van der Waals surface area contributed by atoms with Crippen LogP contribution in [-0.2, 0) is 11.2 Å². The van der Waals surface area contributed by atoms with Crippen molar-refractivity contribution >= 4 is 5.91 Å². The second kappa shape index (κ2) is 7.28. The Morgan fingerprint density at radius 3 is 2.64 bits per heavy atom. The second-order valence-electron chi connectivity index (χ2n) is 7.15. The van der Waals surface area contributed by atoms with Gasteiger partial charge in [0.1, 0.15) is 5.60 Å². The van der Waals surface area contributed by atoms with E-state index < -0.39 is 5.60 Å². The highest BCUT2D eigenvalue weighted by atomic mass is 16.3. The molecule has 22 heavy (non-hydrogen) atoms. The summed E-state index contributed by atoms with van der Waals surface area (Å²) in [6, 6.07) is 10.1. The van der Waals surface area contributed by atoms with Crippen LogP contribution in [0.4, 0.5) is 0 Å². The molecule has 2 rings (SSSR count). The van der Waals surface area contributed by atoms with E-state index in [9.17, 15) is 9.90 Å². The number of hydrogen-bond donors (Lipinski definition) is 2. The molecule has 1 saturated carbocycles. The molecule has 1 amide bonds. The third-order valence-corrected chi connectivity index (χ3v) is 4.98. The zero-order valence-corrected chi connectivity index (χ0v) is 14.0. The van der Waals surface area contributed by atoms with Crippen LogP contribution < -0.4 is 5.32 Å². The molecular weight excluding hydrogens is 274 g/mol. The van der Waals surface area contributed by atoms with E-state index in [0.717, 1.165) is 19.3 Å². The molecule has 3 nitrogen and oxygen atoms in total. The molecule has 1 aliphatic rings. The van der Waals surface area contributed by atoms with Gasteiger partial charge in [-0.3, -0.25) is 4.79 Å². The Balaban J connectivity index is 1.96. The van der Waals surface area contributed by atoms with E-state index in [-0.39, 0.29) is 11.8 Å². The highest BCUT2D eigenvalue weighted by Gasteiger charge is 2.48. The van der Waals surface area contributed by atoms with Crippen LogP contribution in [0.25, 0.3) is 0 Å². The second-order valence-corrected chi connectivity index (χ2v) is 7.15. The summed E-state index contributed by atoms with van der Waals surface area (Å²) in [5.41, 5.74) is -0.00471. The molecule has 1 aromatic carbocycles. The molecule has 0 aromatic heterocycles. The number of rotatable bonds is 5. The fourth-order valence-electron chi connectivity index (χ4n) is 3.75. The average molecular weight is 303 g/mol. The van der Waals surface area contributed by atoms with Crippen LogP contribution in [0.15, 0.2) is 30.3 Å². The van der Waals surface area contributed by atoms with Crippen molar-refractivity contribution in [2.45, 2.75) is 52.1 Å². The highest BCUT2D eigenvalue weighted by Crippen LogP contribution is 2.41. The summed E-state index contributed by atoms with van der Waals surface area (Å²) in [4.78, 5) is 12.6. The largest absolute Gasteiger partial charge is 0.380 e. The molecule has 0 heterocycles. The summed E-state index contributed by atoms with van der Waals surface area (Å²) in [5.74, 6) is 0.589. The molecule has 1 fully saturated rings. The molecule has 0 radical (unpaired) electrons. The van der Waals surface area contributed by atoms with Crippen molar-refractivity contribution in [3.8, 4) is 0 Å². The van der Waals surface area contributed by atoms with E-state index in [2.05, 4.69) is 38.2 Å². The minimum atomic E-state index is -1.21. The quantitative estimate of drug-likeness (QED) is 0.878. The molecule has 0 spiro atoms. The number of carbonyl (C=O) groups is 1. The van der Waals surface area contributed by atoms with Gasteiger partial charge in [-0.25, -0.2) is 0 Å². The minimum Gasteiger partial charge on any atom is -0.380 e. The van der Waals surface area contributed by atoms with Gasteiger partial charge in [0.25, 0.3) is 5.91 Å². The summed E-state index contributed by atoms with van der Waals surface area (Å²) in [7, 11) is 0. The fourth-order valence-corrected chi connectivity index (χ4v) is 3.75. The van der Waals surface area contributed by atoms with Crippen molar-refractivity contribution in [1.29, 1.82) is 0 Å². The van der Waals surface area contributed by atoms with Crippen molar-refractivity contribution in [3.05, 3.63) is 35.9 Å². The smallest absolute Gasteiger partial charge is 0.252 e. The van der Waals surface area contributed by atoms with Crippen molar-refractivity contribution in [3.63, 3.8) is 0 Å². The maximum atomic E-state index is 12.6. The van der Waals surface area contributed by atoms with Crippen LogP contribution in [0.2, 0.25) is 0 Å². The molecule has 3 heteroatoms. The summed E-state index contributed by atoms with van der Waals surface area (Å²) in [6.07, 6.45) is 3.40. The van der Waals surface area contributed by atoms with Crippen LogP contribution in [0.1, 0.15) is 45.6 Å². The van der Waals surface area contributed by atoms with Crippen molar-refractivity contribution < 1.29 is 9.90 Å². The summed E-state index contributed by atoms with van der Waals surface area (Å²) in [6.45, 7) is 6.90. The predicted molar refractivity (Wildman–Crippen MR) is 89.4 cm³/mol. The lowest BCUT2D eigenvalue weighted by Crippen LogP contribution is -2.56. The number of aliphatic hydroxyl groups is 1. The zero-order chi connectivity index (χ0) is 16.2. The van der Waals surface area contributed by atoms with Crippen LogP contribution in [0.3, 0.4) is 0 Å². The van der Waals surface area contributed by atoms with Gasteiger partial charge < -0.3 is 10.4 Å². The van der Waals surface area contributed by atoms with Gasteiger partial charge in [0.2, 0.25) is 0 Å². The summed E-state index contributed by atoms with van der Waals surface area (Å²) < 4.78 is 0. The highest BCUT2D eigenvalue weighted by molar-refractivity contribution is 5.85. The van der Waals surface area contributed by atoms with E-state index in [1.54, 1.807) is 0 Å². The maximum absolute atomic E-state index is 12.6. The first kappa shape index (κ1) is 17.0. The van der Waals surface area contributed by atoms with E-state index in [0.29, 0.717) is 24.8 Å². The average Bonchev–Trinajstić information content (AvgIpc) is 2.47. The third-order valence-electron chi connectivity index (χ3n) is 4.98. The van der Waals surface area contributed by atoms with Crippen LogP contribution in [0, 0.1) is 17.8 Å². The molecule has 1 aromatic rings. The van der Waals surface area contributed by atoms with E-state index >= 15 is 0 Å². The molecular formula is C19H29NO2. The Bertz CT molecular complexity index is 485. The molecule has 0 aliphatic heterocycles. The first-order valence-electron chi connectivity index (χ1n) is 8.48. The Morgan fingerprint density at radius 1 is 1.32 bits per heavy atom. The Morgan fingerprint density at radius 2 is 2.00 bits per heavy atom. The zero-order valence-electron chi connectivity index (χ0n) is 14.0. The lowest BCUT2D eigenvalue weighted by molar-refractivity contribution is -0.155. The van der Waals surface area contributed by atoms with E-state index in [4.69, 9.17) is 0 Å². The van der Waals surface area contributed by atoms with Crippen LogP contribution in [-0.4, -0.2) is 23.2 Å². The fraction of sp³-hybridized carbons (Fsp3) is 0.632. The first-order valence-corrected chi connectivity index (χ1v) is 8.48. The normalized spacial score (nSPS) is 28.6. The molecule has 0 bridgehead atoms. The maximum Gasteiger partial charge on any atom is 0.252 e. The Labute approximate surface area is 134 Å². The van der Waals surface area contributed by atoms with Gasteiger partial charge in [-0.1, -0.05) is 57.5 Å². The van der Waals surface area contributed by atoms with Gasteiger partial charge in [0, 0.05) is 6.54 Å². The Kier molecular flexibility index (Phi) is 5.63. The molecule has 1 aliphatic carbocycles. The standard InChI is InChI=1S/C19H29NO2/c1-14(2)17-10-9-15(3)13-19(17,22)18(21)20-12-11-16-7-5-4-6-8-16/h4-8,14-15,17,22H,9-13H2,1-3H3,(H,20,21)/t15?,17?,19-/m1/s1. The molecule has 2 N–H and O–H groups in total. The SMILES string of the molecule is CC1CCC(C(C)C)[C@@](O)(C(=O)NCCc2ccccc2)C1. The van der Waals surface area contributed by atoms with Gasteiger partial charge in [-0.2, -0.15) is 0 Å². The third kappa shape index (κ3) is 3.89. The van der Waals surface area contributed by atoms with Gasteiger partial charge in [-0.15, -0.1) is 0 Å². The first-order chi connectivity index (χ1) is 10.4. The summed E-state index contributed by atoms with van der Waals surface area (Å²) in [5, 5.41) is 14.0. The molecule has 3 atom stereocenters.